The molecule has 1 aliphatic heterocycles. The highest BCUT2D eigenvalue weighted by Crippen LogP contribution is 2.22. The molecule has 1 saturated heterocycles. The molecule has 0 bridgehead atoms. The minimum absolute atomic E-state index is 0.0875. The van der Waals surface area contributed by atoms with Crippen molar-refractivity contribution in [3.8, 4) is 12.0 Å². The lowest BCUT2D eigenvalue weighted by Gasteiger charge is -2.14. The van der Waals surface area contributed by atoms with Crippen LogP contribution in [0.25, 0.3) is 0 Å². The molecule has 1 aliphatic rings. The van der Waals surface area contributed by atoms with Crippen molar-refractivity contribution in [2.75, 3.05) is 18.5 Å². The minimum atomic E-state index is -3.61. The van der Waals surface area contributed by atoms with E-state index in [0.29, 0.717) is 6.61 Å². The maximum absolute atomic E-state index is 12.2. The van der Waals surface area contributed by atoms with Crippen molar-refractivity contribution in [3.63, 3.8) is 0 Å². The number of hydrogen-bond acceptors (Lipinski definition) is 5. The van der Waals surface area contributed by atoms with E-state index in [-0.39, 0.29) is 16.7 Å². The summed E-state index contributed by atoms with van der Waals surface area (Å²) in [6.45, 7) is 2.27. The van der Waals surface area contributed by atoms with E-state index in [1.807, 2.05) is 0 Å². The number of thiol groups is 1. The fourth-order valence-corrected chi connectivity index (χ4v) is 3.19. The van der Waals surface area contributed by atoms with E-state index < -0.39 is 10.0 Å². The molecule has 0 amide bonds. The smallest absolute Gasteiger partial charge is 0.265 e. The lowest BCUT2D eigenvalue weighted by molar-refractivity contribution is -0.0283. The van der Waals surface area contributed by atoms with Crippen LogP contribution in [0.5, 0.6) is 0 Å². The molecule has 0 aliphatic carbocycles. The molecule has 7 heteroatoms. The molecule has 0 saturated carbocycles. The molecule has 0 radical (unpaired) electrons. The maximum atomic E-state index is 12.2. The Morgan fingerprint density at radius 2 is 2.11 bits per heavy atom. The van der Waals surface area contributed by atoms with E-state index in [1.165, 1.54) is 12.1 Å². The number of rotatable bonds is 3. The third kappa shape index (κ3) is 3.22. The van der Waals surface area contributed by atoms with Gasteiger partial charge in [-0.15, -0.1) is 0 Å². The monoisotopic (exact) mass is 298 g/mol. The first-order chi connectivity index (χ1) is 9.04. The van der Waals surface area contributed by atoms with Crippen LogP contribution in [-0.2, 0) is 14.9 Å². The van der Waals surface area contributed by atoms with Gasteiger partial charge in [-0.05, 0) is 31.2 Å². The molecule has 5 nitrogen and oxygen atoms in total. The summed E-state index contributed by atoms with van der Waals surface area (Å²) in [5.41, 5.74) is 0.739. The van der Waals surface area contributed by atoms with Gasteiger partial charge < -0.3 is 5.32 Å². The molecule has 0 spiro atoms. The van der Waals surface area contributed by atoms with Crippen LogP contribution in [0.1, 0.15) is 6.92 Å². The zero-order valence-corrected chi connectivity index (χ0v) is 12.0. The lowest BCUT2D eigenvalue weighted by Crippen LogP contribution is -2.27. The Balaban J connectivity index is 2.18. The van der Waals surface area contributed by atoms with Gasteiger partial charge in [0, 0.05) is 17.0 Å². The van der Waals surface area contributed by atoms with Crippen LogP contribution < -0.4 is 5.32 Å². The van der Waals surface area contributed by atoms with Gasteiger partial charge in [0.1, 0.15) is 0 Å². The van der Waals surface area contributed by atoms with E-state index in [0.717, 1.165) is 10.2 Å². The van der Waals surface area contributed by atoms with Crippen LogP contribution in [0, 0.1) is 12.0 Å². The SMILES string of the molecule is CC#CNc1ccc(S(=O)(=O)N2CC(S)CO2)cc1. The van der Waals surface area contributed by atoms with Crippen molar-refractivity contribution in [1.29, 1.82) is 0 Å². The van der Waals surface area contributed by atoms with E-state index in [4.69, 9.17) is 4.84 Å². The highest BCUT2D eigenvalue weighted by atomic mass is 32.2. The molecule has 1 fully saturated rings. The Bertz CT molecular complexity index is 602. The van der Waals surface area contributed by atoms with Crippen LogP contribution in [0.2, 0.25) is 0 Å². The maximum Gasteiger partial charge on any atom is 0.265 e. The number of anilines is 1. The topological polar surface area (TPSA) is 58.6 Å². The van der Waals surface area contributed by atoms with Gasteiger partial charge in [0.05, 0.1) is 18.0 Å². The van der Waals surface area contributed by atoms with Crippen LogP contribution >= 0.6 is 12.6 Å². The minimum Gasteiger partial charge on any atom is -0.315 e. The van der Waals surface area contributed by atoms with Gasteiger partial charge in [0.2, 0.25) is 0 Å². The van der Waals surface area contributed by atoms with E-state index >= 15 is 0 Å². The molecule has 19 heavy (non-hydrogen) atoms. The first-order valence-corrected chi connectivity index (χ1v) is 7.61. The van der Waals surface area contributed by atoms with Crippen LogP contribution in [0.4, 0.5) is 5.69 Å². The Morgan fingerprint density at radius 3 is 2.63 bits per heavy atom. The molecule has 0 aromatic heterocycles. The summed E-state index contributed by atoms with van der Waals surface area (Å²) < 4.78 is 25.4. The highest BCUT2D eigenvalue weighted by molar-refractivity contribution is 7.89. The summed E-state index contributed by atoms with van der Waals surface area (Å²) in [7, 11) is -3.61. The van der Waals surface area contributed by atoms with Gasteiger partial charge in [-0.1, -0.05) is 10.4 Å². The molecule has 102 valence electrons. The molecule has 1 unspecified atom stereocenters. The van der Waals surface area contributed by atoms with Crippen molar-refractivity contribution in [3.05, 3.63) is 24.3 Å². The van der Waals surface area contributed by atoms with E-state index in [1.54, 1.807) is 19.1 Å². The molecular formula is C12H14N2O3S2. The standard InChI is InChI=1S/C12H14N2O3S2/c1-2-7-13-10-3-5-12(6-4-10)19(15,16)14-8-11(18)9-17-14/h3-6,11,13,18H,8-9H2,1H3. The Hall–Kier alpha value is -1.20. The summed E-state index contributed by atoms with van der Waals surface area (Å²) in [5.74, 6) is 2.69. The van der Waals surface area contributed by atoms with Crippen molar-refractivity contribution in [2.24, 2.45) is 0 Å². The second-order valence-corrected chi connectivity index (χ2v) is 6.52. The molecule has 1 atom stereocenters. The quantitative estimate of drug-likeness (QED) is 0.502. The second kappa shape index (κ2) is 5.84. The molecule has 1 heterocycles. The third-order valence-electron chi connectivity index (χ3n) is 2.52. The normalized spacial score (nSPS) is 19.8. The Labute approximate surface area is 118 Å². The third-order valence-corrected chi connectivity index (χ3v) is 4.49. The lowest BCUT2D eigenvalue weighted by atomic mass is 10.3. The number of sulfonamides is 1. The number of nitrogens with zero attached hydrogens (tertiary/aromatic N) is 1. The summed E-state index contributed by atoms with van der Waals surface area (Å²) in [5, 5.41) is 2.75. The van der Waals surface area contributed by atoms with Gasteiger partial charge in [0.25, 0.3) is 10.0 Å². The summed E-state index contributed by atoms with van der Waals surface area (Å²) in [6.07, 6.45) is 0. The predicted molar refractivity (Wildman–Crippen MR) is 76.1 cm³/mol. The predicted octanol–water partition coefficient (Wildman–Crippen LogP) is 1.31. The van der Waals surface area contributed by atoms with Gasteiger partial charge in [-0.3, -0.25) is 4.84 Å². The Morgan fingerprint density at radius 1 is 1.42 bits per heavy atom. The first kappa shape index (κ1) is 14.2. The molecule has 1 aromatic rings. The van der Waals surface area contributed by atoms with Crippen molar-refractivity contribution < 1.29 is 13.3 Å². The summed E-state index contributed by atoms with van der Waals surface area (Å²) >= 11 is 4.19. The van der Waals surface area contributed by atoms with Crippen molar-refractivity contribution in [1.82, 2.24) is 4.47 Å². The fourth-order valence-electron chi connectivity index (χ4n) is 1.58. The largest absolute Gasteiger partial charge is 0.315 e. The molecule has 1 aromatic carbocycles. The number of nitrogens with one attached hydrogen (secondary N) is 1. The number of hydroxylamine groups is 1. The van der Waals surface area contributed by atoms with Gasteiger partial charge in [-0.25, -0.2) is 8.42 Å². The average molecular weight is 298 g/mol. The van der Waals surface area contributed by atoms with Crippen LogP contribution in [0.15, 0.2) is 29.2 Å². The average Bonchev–Trinajstić information content (AvgIpc) is 2.84. The van der Waals surface area contributed by atoms with Crippen molar-refractivity contribution in [2.45, 2.75) is 17.1 Å². The number of benzene rings is 1. The van der Waals surface area contributed by atoms with Gasteiger partial charge >= 0.3 is 0 Å². The van der Waals surface area contributed by atoms with Crippen LogP contribution in [0.3, 0.4) is 0 Å². The molecule has 2 rings (SSSR count). The zero-order valence-electron chi connectivity index (χ0n) is 10.3. The molecule has 1 N–H and O–H groups in total. The summed E-state index contributed by atoms with van der Waals surface area (Å²) in [4.78, 5) is 5.30. The second-order valence-electron chi connectivity index (χ2n) is 3.96. The van der Waals surface area contributed by atoms with E-state index in [9.17, 15) is 8.42 Å². The highest BCUT2D eigenvalue weighted by Gasteiger charge is 2.32. The van der Waals surface area contributed by atoms with E-state index in [2.05, 4.69) is 29.9 Å². The number of hydrogen-bond donors (Lipinski definition) is 2. The Kier molecular flexibility index (Phi) is 4.37. The fraction of sp³-hybridized carbons (Fsp3) is 0.333. The van der Waals surface area contributed by atoms with Gasteiger partial charge in [-0.2, -0.15) is 12.6 Å². The van der Waals surface area contributed by atoms with Crippen molar-refractivity contribution >= 4 is 28.3 Å². The first-order valence-electron chi connectivity index (χ1n) is 5.65. The zero-order chi connectivity index (χ0) is 13.9. The summed E-state index contributed by atoms with van der Waals surface area (Å²) in [6, 6.07) is 9.04. The van der Waals surface area contributed by atoms with Gasteiger partial charge in [0.15, 0.2) is 0 Å². The van der Waals surface area contributed by atoms with Crippen LogP contribution in [-0.4, -0.2) is 31.3 Å². The molecular weight excluding hydrogens is 284 g/mol.